The predicted octanol–water partition coefficient (Wildman–Crippen LogP) is 4.32. The quantitative estimate of drug-likeness (QED) is 0.369. The Morgan fingerprint density at radius 2 is 1.74 bits per heavy atom. The van der Waals surface area contributed by atoms with E-state index in [9.17, 15) is 18.0 Å². The van der Waals surface area contributed by atoms with Crippen LogP contribution in [0.1, 0.15) is 27.0 Å². The van der Waals surface area contributed by atoms with Gasteiger partial charge in [-0.2, -0.15) is 8.42 Å². The smallest absolute Gasteiger partial charge is 0.330 e. The molecule has 8 nitrogen and oxygen atoms in total. The lowest BCUT2D eigenvalue weighted by atomic mass is 10.1. The van der Waals surface area contributed by atoms with E-state index in [2.05, 4.69) is 15.9 Å². The molecule has 0 N–H and O–H groups in total. The predicted molar refractivity (Wildman–Crippen MR) is 137 cm³/mol. The summed E-state index contributed by atoms with van der Waals surface area (Å²) in [6.07, 6.45) is 0.345. The Labute approximate surface area is 216 Å². The average molecular weight is 579 g/mol. The van der Waals surface area contributed by atoms with Crippen LogP contribution in [0.4, 0.5) is 5.00 Å². The van der Waals surface area contributed by atoms with Gasteiger partial charge < -0.3 is 9.47 Å². The molecule has 0 spiro atoms. The SMILES string of the molecule is COc1ccccc1CCN1c2sc(Br)c(C)c2C(=O)N(CC(=O)OCc2ccccc2)S1(=O)=O. The number of carbonyl (C=O) groups is 2. The third-order valence-corrected chi connectivity index (χ3v) is 9.66. The second kappa shape index (κ2) is 10.4. The van der Waals surface area contributed by atoms with Gasteiger partial charge in [0, 0.05) is 6.54 Å². The molecule has 1 amide bonds. The summed E-state index contributed by atoms with van der Waals surface area (Å²) in [4.78, 5) is 25.8. The van der Waals surface area contributed by atoms with Gasteiger partial charge in [0.05, 0.1) is 16.5 Å². The number of para-hydroxylation sites is 1. The number of benzene rings is 2. The minimum atomic E-state index is -4.33. The van der Waals surface area contributed by atoms with Gasteiger partial charge in [-0.15, -0.1) is 11.3 Å². The zero-order valence-corrected chi connectivity index (χ0v) is 22.3. The van der Waals surface area contributed by atoms with Crippen LogP contribution in [0.2, 0.25) is 0 Å². The van der Waals surface area contributed by atoms with Crippen LogP contribution in [0.5, 0.6) is 5.75 Å². The van der Waals surface area contributed by atoms with E-state index in [1.165, 1.54) is 15.6 Å². The van der Waals surface area contributed by atoms with Crippen LogP contribution in [0, 0.1) is 6.92 Å². The molecule has 0 radical (unpaired) electrons. The molecule has 4 rings (SSSR count). The maximum atomic E-state index is 13.6. The number of amides is 1. The molecule has 1 aliphatic heterocycles. The molecule has 2 heterocycles. The zero-order chi connectivity index (χ0) is 25.2. The van der Waals surface area contributed by atoms with Gasteiger partial charge in [-0.1, -0.05) is 48.5 Å². The molecule has 0 unspecified atom stereocenters. The van der Waals surface area contributed by atoms with Crippen LogP contribution >= 0.6 is 27.3 Å². The fourth-order valence-electron chi connectivity index (χ4n) is 3.75. The van der Waals surface area contributed by atoms with Crippen molar-refractivity contribution in [3.8, 4) is 5.75 Å². The lowest BCUT2D eigenvalue weighted by Crippen LogP contribution is -2.53. The van der Waals surface area contributed by atoms with Crippen LogP contribution in [-0.2, 0) is 32.8 Å². The van der Waals surface area contributed by atoms with E-state index in [1.807, 2.05) is 24.3 Å². The van der Waals surface area contributed by atoms with E-state index in [-0.39, 0.29) is 18.7 Å². The Hall–Kier alpha value is -2.89. The molecule has 0 bridgehead atoms. The fourth-order valence-corrected chi connectivity index (χ4v) is 7.20. The standard InChI is InChI=1S/C24H23BrN2O6S2/c1-16-21-23(29)27(14-20(28)33-15-17-8-4-3-5-9-17)35(30,31)26(24(21)34-22(16)25)13-12-18-10-6-7-11-19(18)32-2/h3-11H,12-15H2,1-2H3. The summed E-state index contributed by atoms with van der Waals surface area (Å²) in [5.74, 6) is -0.918. The van der Waals surface area contributed by atoms with Crippen LogP contribution in [-0.4, -0.2) is 44.8 Å². The lowest BCUT2D eigenvalue weighted by molar-refractivity contribution is -0.144. The summed E-state index contributed by atoms with van der Waals surface area (Å²) in [6.45, 7) is 1.06. The Morgan fingerprint density at radius 3 is 2.46 bits per heavy atom. The minimum Gasteiger partial charge on any atom is -0.496 e. The van der Waals surface area contributed by atoms with Gasteiger partial charge >= 0.3 is 16.2 Å². The van der Waals surface area contributed by atoms with Crippen molar-refractivity contribution < 1.29 is 27.5 Å². The maximum Gasteiger partial charge on any atom is 0.330 e. The van der Waals surface area contributed by atoms with Gasteiger partial charge in [0.1, 0.15) is 23.9 Å². The molecule has 1 aromatic heterocycles. The zero-order valence-electron chi connectivity index (χ0n) is 19.1. The third-order valence-electron chi connectivity index (χ3n) is 5.59. The van der Waals surface area contributed by atoms with E-state index < -0.39 is 28.6 Å². The van der Waals surface area contributed by atoms with Crippen LogP contribution in [0.25, 0.3) is 0 Å². The number of hydrogen-bond donors (Lipinski definition) is 0. The van der Waals surface area contributed by atoms with E-state index in [0.717, 1.165) is 11.1 Å². The van der Waals surface area contributed by atoms with E-state index >= 15 is 0 Å². The largest absolute Gasteiger partial charge is 0.496 e. The molecule has 0 saturated heterocycles. The number of fused-ring (bicyclic) bond motifs is 1. The van der Waals surface area contributed by atoms with Crippen molar-refractivity contribution in [3.63, 3.8) is 0 Å². The number of carbonyl (C=O) groups excluding carboxylic acids is 2. The van der Waals surface area contributed by atoms with Gasteiger partial charge in [0.2, 0.25) is 0 Å². The Balaban J connectivity index is 1.61. The number of methoxy groups -OCH3 is 1. The molecule has 2 aromatic carbocycles. The highest BCUT2D eigenvalue weighted by Crippen LogP contribution is 2.44. The summed E-state index contributed by atoms with van der Waals surface area (Å²) < 4.78 is 40.2. The van der Waals surface area contributed by atoms with Crippen molar-refractivity contribution in [2.45, 2.75) is 20.0 Å². The first-order valence-electron chi connectivity index (χ1n) is 10.7. The number of thiophene rings is 1. The van der Waals surface area contributed by atoms with Gasteiger partial charge in [-0.25, -0.2) is 8.61 Å². The van der Waals surface area contributed by atoms with Gasteiger partial charge in [0.15, 0.2) is 0 Å². The number of rotatable bonds is 8. The fraction of sp³-hybridized carbons (Fsp3) is 0.250. The summed E-state index contributed by atoms with van der Waals surface area (Å²) in [6, 6.07) is 16.4. The van der Waals surface area contributed by atoms with Crippen LogP contribution < -0.4 is 9.04 Å². The molecule has 35 heavy (non-hydrogen) atoms. The second-order valence-corrected chi connectivity index (χ2v) is 11.9. The summed E-state index contributed by atoms with van der Waals surface area (Å²) in [7, 11) is -2.78. The number of ether oxygens (including phenoxy) is 2. The maximum absolute atomic E-state index is 13.6. The van der Waals surface area contributed by atoms with Gasteiger partial charge in [-0.3, -0.25) is 9.59 Å². The normalized spacial score (nSPS) is 14.5. The second-order valence-electron chi connectivity index (χ2n) is 7.78. The molecule has 11 heteroatoms. The lowest BCUT2D eigenvalue weighted by Gasteiger charge is -2.35. The number of esters is 1. The summed E-state index contributed by atoms with van der Waals surface area (Å²) in [5, 5.41) is 0.322. The topological polar surface area (TPSA) is 93.2 Å². The van der Waals surface area contributed by atoms with E-state index in [0.29, 0.717) is 30.8 Å². The highest BCUT2D eigenvalue weighted by atomic mass is 79.9. The Morgan fingerprint density at radius 1 is 1.06 bits per heavy atom. The molecule has 1 aliphatic rings. The van der Waals surface area contributed by atoms with Crippen molar-refractivity contribution in [2.24, 2.45) is 0 Å². The van der Waals surface area contributed by atoms with Crippen molar-refractivity contribution >= 4 is 54.4 Å². The molecule has 0 aliphatic carbocycles. The van der Waals surface area contributed by atoms with E-state index in [1.54, 1.807) is 44.4 Å². The molecule has 0 fully saturated rings. The molecule has 0 atom stereocenters. The first-order chi connectivity index (χ1) is 16.7. The number of halogens is 1. The molecule has 0 saturated carbocycles. The van der Waals surface area contributed by atoms with Crippen molar-refractivity contribution in [1.82, 2.24) is 4.31 Å². The van der Waals surface area contributed by atoms with Gasteiger partial charge in [0.25, 0.3) is 5.91 Å². The van der Waals surface area contributed by atoms with Crippen molar-refractivity contribution in [1.29, 1.82) is 0 Å². The third kappa shape index (κ3) is 5.07. The number of hydrogen-bond acceptors (Lipinski definition) is 7. The monoisotopic (exact) mass is 578 g/mol. The highest BCUT2D eigenvalue weighted by molar-refractivity contribution is 9.11. The number of anilines is 1. The van der Waals surface area contributed by atoms with Gasteiger partial charge in [-0.05, 0) is 52.0 Å². The Bertz CT molecular complexity index is 1360. The average Bonchev–Trinajstić information content (AvgIpc) is 3.14. The van der Waals surface area contributed by atoms with Crippen LogP contribution in [0.15, 0.2) is 58.4 Å². The molecular weight excluding hydrogens is 556 g/mol. The minimum absolute atomic E-state index is 0.0203. The summed E-state index contributed by atoms with van der Waals surface area (Å²) in [5.41, 5.74) is 2.46. The highest BCUT2D eigenvalue weighted by Gasteiger charge is 2.45. The molecular formula is C24H23BrN2O6S2. The van der Waals surface area contributed by atoms with Crippen LogP contribution in [0.3, 0.4) is 0 Å². The first-order valence-corrected chi connectivity index (χ1v) is 13.7. The Kier molecular flexibility index (Phi) is 7.48. The molecule has 3 aromatic rings. The van der Waals surface area contributed by atoms with Crippen molar-refractivity contribution in [2.75, 3.05) is 24.5 Å². The van der Waals surface area contributed by atoms with Crippen molar-refractivity contribution in [3.05, 3.63) is 80.6 Å². The first kappa shape index (κ1) is 25.2. The number of nitrogens with zero attached hydrogens (tertiary/aromatic N) is 2. The summed E-state index contributed by atoms with van der Waals surface area (Å²) >= 11 is 4.60. The van der Waals surface area contributed by atoms with E-state index in [4.69, 9.17) is 9.47 Å². The molecule has 184 valence electrons.